The van der Waals surface area contributed by atoms with Gasteiger partial charge in [0.2, 0.25) is 5.91 Å². The highest BCUT2D eigenvalue weighted by atomic mass is 16.2. The Labute approximate surface area is 124 Å². The van der Waals surface area contributed by atoms with Gasteiger partial charge in [-0.25, -0.2) is 0 Å². The van der Waals surface area contributed by atoms with Gasteiger partial charge in [0.25, 0.3) is 0 Å². The molecule has 0 aliphatic rings. The number of rotatable bonds is 6. The quantitative estimate of drug-likeness (QED) is 0.760. The summed E-state index contributed by atoms with van der Waals surface area (Å²) in [5, 5.41) is 9.73. The highest BCUT2D eigenvalue weighted by molar-refractivity contribution is 5.81. The number of aromatic amines is 1. The molecule has 0 fully saturated rings. The summed E-state index contributed by atoms with van der Waals surface area (Å²) in [5.74, 6) is 0.0924. The zero-order valence-corrected chi connectivity index (χ0v) is 12.5. The molecule has 0 aliphatic carbocycles. The summed E-state index contributed by atoms with van der Waals surface area (Å²) in [6, 6.07) is 9.46. The van der Waals surface area contributed by atoms with Crippen molar-refractivity contribution >= 4 is 5.91 Å². The van der Waals surface area contributed by atoms with Crippen LogP contribution in [-0.2, 0) is 11.3 Å². The van der Waals surface area contributed by atoms with E-state index in [1.54, 1.807) is 6.20 Å². The summed E-state index contributed by atoms with van der Waals surface area (Å²) in [6.07, 6.45) is 2.62. The van der Waals surface area contributed by atoms with Crippen molar-refractivity contribution in [2.24, 2.45) is 11.7 Å². The molecule has 0 unspecified atom stereocenters. The lowest BCUT2D eigenvalue weighted by molar-refractivity contribution is -0.123. The van der Waals surface area contributed by atoms with Gasteiger partial charge in [0.15, 0.2) is 0 Å². The number of amides is 1. The molecule has 4 N–H and O–H groups in total. The first kappa shape index (κ1) is 15.3. The van der Waals surface area contributed by atoms with Gasteiger partial charge in [0, 0.05) is 12.7 Å². The number of nitrogens with two attached hydrogens (primary N) is 1. The SMILES string of the molecule is CC[C@H](C)[C@H](N)C(=O)NCc1ccc(-c2ccn[nH]2)cc1. The van der Waals surface area contributed by atoms with Gasteiger partial charge in [-0.3, -0.25) is 9.89 Å². The molecule has 0 bridgehead atoms. The Morgan fingerprint density at radius 3 is 2.62 bits per heavy atom. The van der Waals surface area contributed by atoms with Gasteiger partial charge in [-0.2, -0.15) is 5.10 Å². The normalized spacial score (nSPS) is 13.7. The van der Waals surface area contributed by atoms with E-state index in [9.17, 15) is 4.79 Å². The maximum absolute atomic E-state index is 11.9. The van der Waals surface area contributed by atoms with E-state index in [-0.39, 0.29) is 11.8 Å². The van der Waals surface area contributed by atoms with Crippen molar-refractivity contribution in [2.75, 3.05) is 0 Å². The Morgan fingerprint density at radius 1 is 1.33 bits per heavy atom. The third-order valence-corrected chi connectivity index (χ3v) is 3.79. The van der Waals surface area contributed by atoms with Gasteiger partial charge in [0.1, 0.15) is 0 Å². The van der Waals surface area contributed by atoms with Crippen molar-refractivity contribution in [2.45, 2.75) is 32.9 Å². The van der Waals surface area contributed by atoms with Crippen LogP contribution in [0, 0.1) is 5.92 Å². The molecule has 0 radical (unpaired) electrons. The Balaban J connectivity index is 1.91. The predicted octanol–water partition coefficient (Wildman–Crippen LogP) is 2.07. The van der Waals surface area contributed by atoms with Gasteiger partial charge >= 0.3 is 0 Å². The van der Waals surface area contributed by atoms with Crippen LogP contribution < -0.4 is 11.1 Å². The van der Waals surface area contributed by atoms with E-state index in [1.165, 1.54) is 0 Å². The van der Waals surface area contributed by atoms with Crippen LogP contribution in [0.5, 0.6) is 0 Å². The van der Waals surface area contributed by atoms with E-state index >= 15 is 0 Å². The van der Waals surface area contributed by atoms with Crippen LogP contribution in [0.1, 0.15) is 25.8 Å². The number of hydrogen-bond donors (Lipinski definition) is 3. The topological polar surface area (TPSA) is 83.8 Å². The fraction of sp³-hybridized carbons (Fsp3) is 0.375. The van der Waals surface area contributed by atoms with E-state index in [1.807, 2.05) is 44.2 Å². The second kappa shape index (κ2) is 7.04. The van der Waals surface area contributed by atoms with E-state index in [0.717, 1.165) is 23.2 Å². The largest absolute Gasteiger partial charge is 0.351 e. The molecule has 0 saturated carbocycles. The van der Waals surface area contributed by atoms with Crippen molar-refractivity contribution in [3.8, 4) is 11.3 Å². The standard InChI is InChI=1S/C16H22N4O/c1-3-11(2)15(17)16(21)18-10-12-4-6-13(7-5-12)14-8-9-19-20-14/h4-9,11,15H,3,10,17H2,1-2H3,(H,18,21)(H,19,20)/t11-,15-/m0/s1. The Kier molecular flexibility index (Phi) is 5.11. The average molecular weight is 286 g/mol. The van der Waals surface area contributed by atoms with Crippen LogP contribution in [-0.4, -0.2) is 22.1 Å². The molecule has 2 atom stereocenters. The molecule has 5 heteroatoms. The van der Waals surface area contributed by atoms with Gasteiger partial charge in [-0.05, 0) is 23.1 Å². The minimum absolute atomic E-state index is 0.0954. The lowest BCUT2D eigenvalue weighted by Gasteiger charge is -2.17. The zero-order valence-electron chi connectivity index (χ0n) is 12.5. The van der Waals surface area contributed by atoms with Gasteiger partial charge in [-0.1, -0.05) is 44.5 Å². The number of H-pyrrole nitrogens is 1. The van der Waals surface area contributed by atoms with Gasteiger partial charge in [0.05, 0.1) is 11.7 Å². The predicted molar refractivity (Wildman–Crippen MR) is 83.3 cm³/mol. The first-order valence-electron chi connectivity index (χ1n) is 7.23. The third-order valence-electron chi connectivity index (χ3n) is 3.79. The first-order chi connectivity index (χ1) is 10.1. The number of carbonyl (C=O) groups excluding carboxylic acids is 1. The monoisotopic (exact) mass is 286 g/mol. The molecular formula is C16H22N4O. The summed E-state index contributed by atoms with van der Waals surface area (Å²) in [4.78, 5) is 11.9. The molecule has 1 aromatic heterocycles. The third kappa shape index (κ3) is 3.92. The van der Waals surface area contributed by atoms with Crippen molar-refractivity contribution in [1.82, 2.24) is 15.5 Å². The minimum Gasteiger partial charge on any atom is -0.351 e. The molecule has 1 heterocycles. The van der Waals surface area contributed by atoms with E-state index in [0.29, 0.717) is 6.54 Å². The van der Waals surface area contributed by atoms with Crippen LogP contribution in [0.4, 0.5) is 0 Å². The van der Waals surface area contributed by atoms with Crippen LogP contribution in [0.25, 0.3) is 11.3 Å². The van der Waals surface area contributed by atoms with E-state index in [2.05, 4.69) is 15.5 Å². The number of nitrogens with one attached hydrogen (secondary N) is 2. The summed E-state index contributed by atoms with van der Waals surface area (Å²) >= 11 is 0. The van der Waals surface area contributed by atoms with Gasteiger partial charge < -0.3 is 11.1 Å². The minimum atomic E-state index is -0.445. The molecule has 1 aromatic carbocycles. The highest BCUT2D eigenvalue weighted by Gasteiger charge is 2.18. The second-order valence-electron chi connectivity index (χ2n) is 5.30. The van der Waals surface area contributed by atoms with Crippen LogP contribution in [0.15, 0.2) is 36.5 Å². The Hall–Kier alpha value is -2.14. The molecule has 5 nitrogen and oxygen atoms in total. The summed E-state index contributed by atoms with van der Waals surface area (Å²) in [6.45, 7) is 4.52. The van der Waals surface area contributed by atoms with Crippen LogP contribution >= 0.6 is 0 Å². The molecule has 2 aromatic rings. The van der Waals surface area contributed by atoms with Crippen molar-refractivity contribution in [3.05, 3.63) is 42.1 Å². The molecule has 1 amide bonds. The maximum atomic E-state index is 11.9. The fourth-order valence-corrected chi connectivity index (χ4v) is 2.04. The lowest BCUT2D eigenvalue weighted by Crippen LogP contribution is -2.44. The van der Waals surface area contributed by atoms with Crippen molar-refractivity contribution in [1.29, 1.82) is 0 Å². The molecule has 21 heavy (non-hydrogen) atoms. The smallest absolute Gasteiger partial charge is 0.237 e. The number of hydrogen-bond acceptors (Lipinski definition) is 3. The highest BCUT2D eigenvalue weighted by Crippen LogP contribution is 2.16. The van der Waals surface area contributed by atoms with Crippen molar-refractivity contribution in [3.63, 3.8) is 0 Å². The zero-order chi connectivity index (χ0) is 15.2. The molecular weight excluding hydrogens is 264 g/mol. The number of aromatic nitrogens is 2. The molecule has 0 saturated heterocycles. The summed E-state index contributed by atoms with van der Waals surface area (Å²) < 4.78 is 0. The molecule has 0 spiro atoms. The molecule has 112 valence electrons. The number of benzene rings is 1. The fourth-order valence-electron chi connectivity index (χ4n) is 2.04. The number of carbonyl (C=O) groups is 1. The van der Waals surface area contributed by atoms with Crippen LogP contribution in [0.2, 0.25) is 0 Å². The Bertz CT molecular complexity index is 562. The molecule has 0 aliphatic heterocycles. The second-order valence-corrected chi connectivity index (χ2v) is 5.30. The lowest BCUT2D eigenvalue weighted by atomic mass is 9.99. The van der Waals surface area contributed by atoms with E-state index < -0.39 is 6.04 Å². The van der Waals surface area contributed by atoms with Crippen molar-refractivity contribution < 1.29 is 4.79 Å². The van der Waals surface area contributed by atoms with E-state index in [4.69, 9.17) is 5.73 Å². The average Bonchev–Trinajstić information content (AvgIpc) is 3.06. The van der Waals surface area contributed by atoms with Gasteiger partial charge in [-0.15, -0.1) is 0 Å². The summed E-state index contributed by atoms with van der Waals surface area (Å²) in [7, 11) is 0. The summed E-state index contributed by atoms with van der Waals surface area (Å²) in [5.41, 5.74) is 8.99. The maximum Gasteiger partial charge on any atom is 0.237 e. The Morgan fingerprint density at radius 2 is 2.05 bits per heavy atom. The molecule has 2 rings (SSSR count). The van der Waals surface area contributed by atoms with Crippen LogP contribution in [0.3, 0.4) is 0 Å². The first-order valence-corrected chi connectivity index (χ1v) is 7.23. The number of nitrogens with zero attached hydrogens (tertiary/aromatic N) is 1.